The van der Waals surface area contributed by atoms with E-state index in [4.69, 9.17) is 16.3 Å². The lowest BCUT2D eigenvalue weighted by Crippen LogP contribution is -2.32. The van der Waals surface area contributed by atoms with Gasteiger partial charge >= 0.3 is 0 Å². The molecule has 0 radical (unpaired) electrons. The van der Waals surface area contributed by atoms with Gasteiger partial charge in [0.1, 0.15) is 0 Å². The van der Waals surface area contributed by atoms with E-state index < -0.39 is 0 Å². The summed E-state index contributed by atoms with van der Waals surface area (Å²) in [7, 11) is 0. The predicted octanol–water partition coefficient (Wildman–Crippen LogP) is 4.59. The number of amides is 2. The molecule has 2 heterocycles. The first kappa shape index (κ1) is 21.1. The van der Waals surface area contributed by atoms with Crippen LogP contribution in [0.15, 0.2) is 46.8 Å². The Morgan fingerprint density at radius 2 is 2.13 bits per heavy atom. The van der Waals surface area contributed by atoms with Crippen molar-refractivity contribution >= 4 is 62.4 Å². The Morgan fingerprint density at radius 1 is 1.27 bits per heavy atom. The van der Waals surface area contributed by atoms with Crippen molar-refractivity contribution in [3.8, 4) is 0 Å². The zero-order valence-corrected chi connectivity index (χ0v) is 18.4. The zero-order valence-electron chi connectivity index (χ0n) is 16.0. The van der Waals surface area contributed by atoms with E-state index in [9.17, 15) is 9.59 Å². The summed E-state index contributed by atoms with van der Waals surface area (Å²) in [6.07, 6.45) is 2.20. The van der Waals surface area contributed by atoms with Crippen molar-refractivity contribution in [1.29, 1.82) is 0 Å². The van der Waals surface area contributed by atoms with Crippen LogP contribution >= 0.6 is 34.7 Å². The molecule has 1 aliphatic heterocycles. The second-order valence-electron chi connectivity index (χ2n) is 6.82. The summed E-state index contributed by atoms with van der Waals surface area (Å²) in [5, 5.41) is 6.19. The number of nitrogens with one attached hydrogen (secondary N) is 2. The number of hydrogen-bond acceptors (Lipinski definition) is 6. The summed E-state index contributed by atoms with van der Waals surface area (Å²) in [5.74, 6) is 0.0206. The molecule has 30 heavy (non-hydrogen) atoms. The maximum atomic E-state index is 12.4. The first-order valence-corrected chi connectivity index (χ1v) is 11.7. The maximum absolute atomic E-state index is 12.4. The summed E-state index contributed by atoms with van der Waals surface area (Å²) in [5.41, 5.74) is 1.92. The van der Waals surface area contributed by atoms with Crippen LogP contribution in [0.1, 0.15) is 23.2 Å². The van der Waals surface area contributed by atoms with Crippen LogP contribution < -0.4 is 10.6 Å². The van der Waals surface area contributed by atoms with E-state index in [1.54, 1.807) is 30.3 Å². The number of carbonyl (C=O) groups excluding carboxylic acids is 2. The molecule has 3 aromatic rings. The predicted molar refractivity (Wildman–Crippen MR) is 122 cm³/mol. The Kier molecular flexibility index (Phi) is 6.89. The van der Waals surface area contributed by atoms with Gasteiger partial charge in [-0.15, -0.1) is 11.3 Å². The van der Waals surface area contributed by atoms with Gasteiger partial charge < -0.3 is 15.4 Å². The molecule has 1 unspecified atom stereocenters. The van der Waals surface area contributed by atoms with Crippen LogP contribution in [0.25, 0.3) is 10.2 Å². The smallest absolute Gasteiger partial charge is 0.257 e. The normalized spacial score (nSPS) is 16.0. The van der Waals surface area contributed by atoms with Crippen molar-refractivity contribution in [3.05, 3.63) is 53.1 Å². The third-order valence-corrected chi connectivity index (χ3v) is 7.11. The average molecular weight is 462 g/mol. The second kappa shape index (κ2) is 9.78. The zero-order chi connectivity index (χ0) is 20.9. The number of thioether (sulfide) groups is 1. The highest BCUT2D eigenvalue weighted by molar-refractivity contribution is 8.01. The van der Waals surface area contributed by atoms with Crippen molar-refractivity contribution in [3.63, 3.8) is 0 Å². The molecule has 1 saturated heterocycles. The number of thiazole rings is 1. The highest BCUT2D eigenvalue weighted by Gasteiger charge is 2.16. The molecule has 2 aromatic carbocycles. The number of fused-ring (bicyclic) bond motifs is 1. The molecule has 1 aliphatic rings. The Labute approximate surface area is 187 Å². The van der Waals surface area contributed by atoms with Gasteiger partial charge in [-0.2, -0.15) is 0 Å². The minimum absolute atomic E-state index is 0.0255. The molecule has 4 rings (SSSR count). The summed E-state index contributed by atoms with van der Waals surface area (Å²) in [6.45, 7) is 1.34. The second-order valence-corrected chi connectivity index (χ2v) is 9.48. The fourth-order valence-corrected chi connectivity index (χ4v) is 5.26. The number of carbonyl (C=O) groups is 2. The van der Waals surface area contributed by atoms with Crippen molar-refractivity contribution in [2.45, 2.75) is 23.3 Å². The molecule has 1 fully saturated rings. The van der Waals surface area contributed by atoms with Crippen LogP contribution in [-0.4, -0.2) is 41.8 Å². The van der Waals surface area contributed by atoms with Gasteiger partial charge in [0.05, 0.1) is 32.7 Å². The third kappa shape index (κ3) is 5.31. The molecule has 0 bridgehead atoms. The molecule has 0 aliphatic carbocycles. The minimum Gasteiger partial charge on any atom is -0.376 e. The molecular weight excluding hydrogens is 442 g/mol. The highest BCUT2D eigenvalue weighted by atomic mass is 35.5. The molecule has 6 nitrogen and oxygen atoms in total. The summed E-state index contributed by atoms with van der Waals surface area (Å²) >= 11 is 8.99. The van der Waals surface area contributed by atoms with E-state index in [0.717, 1.165) is 34.0 Å². The van der Waals surface area contributed by atoms with Crippen LogP contribution in [0.4, 0.5) is 5.69 Å². The number of ether oxygens (including phenoxy) is 1. The van der Waals surface area contributed by atoms with E-state index in [1.807, 2.05) is 12.1 Å². The summed E-state index contributed by atoms with van der Waals surface area (Å²) < 4.78 is 7.26. The largest absolute Gasteiger partial charge is 0.376 e. The van der Waals surface area contributed by atoms with Gasteiger partial charge in [0, 0.05) is 18.8 Å². The van der Waals surface area contributed by atoms with E-state index in [1.165, 1.54) is 23.1 Å². The number of rotatable bonds is 7. The van der Waals surface area contributed by atoms with Crippen molar-refractivity contribution < 1.29 is 14.3 Å². The van der Waals surface area contributed by atoms with Crippen LogP contribution in [0.5, 0.6) is 0 Å². The lowest BCUT2D eigenvalue weighted by atomic mass is 10.2. The highest BCUT2D eigenvalue weighted by Crippen LogP contribution is 2.31. The molecule has 2 N–H and O–H groups in total. The Morgan fingerprint density at radius 3 is 2.93 bits per heavy atom. The first-order chi connectivity index (χ1) is 14.6. The van der Waals surface area contributed by atoms with Gasteiger partial charge in [0.2, 0.25) is 5.91 Å². The maximum Gasteiger partial charge on any atom is 0.257 e. The summed E-state index contributed by atoms with van der Waals surface area (Å²) in [4.78, 5) is 29.1. The lowest BCUT2D eigenvalue weighted by Gasteiger charge is -2.09. The van der Waals surface area contributed by atoms with Crippen LogP contribution in [0.3, 0.4) is 0 Å². The number of benzene rings is 2. The fraction of sp³-hybridized carbons (Fsp3) is 0.286. The van der Waals surface area contributed by atoms with E-state index in [2.05, 4.69) is 15.6 Å². The van der Waals surface area contributed by atoms with E-state index in [-0.39, 0.29) is 17.9 Å². The first-order valence-electron chi connectivity index (χ1n) is 9.56. The number of nitrogens with zero attached hydrogens (tertiary/aromatic N) is 1. The standard InChI is InChI=1S/C21H20ClN3O3S2/c22-16-6-2-1-5-15(16)20(27)24-13-7-8-17-18(10-13)30-21(25-17)29-12-19(26)23-11-14-4-3-9-28-14/h1-2,5-8,10,14H,3-4,9,11-12H2,(H,23,26)(H,24,27). The minimum atomic E-state index is -0.262. The van der Waals surface area contributed by atoms with Crippen molar-refractivity contribution in [2.75, 3.05) is 24.2 Å². The molecular formula is C21H20ClN3O3S2. The third-order valence-electron chi connectivity index (χ3n) is 4.62. The molecule has 0 spiro atoms. The Bertz CT molecular complexity index is 1070. The van der Waals surface area contributed by atoms with Gasteiger partial charge in [-0.25, -0.2) is 4.98 Å². The number of halogens is 1. The van der Waals surface area contributed by atoms with Gasteiger partial charge in [-0.3, -0.25) is 9.59 Å². The quantitative estimate of drug-likeness (QED) is 0.503. The molecule has 9 heteroatoms. The van der Waals surface area contributed by atoms with Crippen LogP contribution in [0, 0.1) is 0 Å². The Hall–Kier alpha value is -2.13. The SMILES string of the molecule is O=C(CSc1nc2ccc(NC(=O)c3ccccc3Cl)cc2s1)NCC1CCCO1. The van der Waals surface area contributed by atoms with Gasteiger partial charge in [0.25, 0.3) is 5.91 Å². The fourth-order valence-electron chi connectivity index (χ4n) is 3.10. The number of aromatic nitrogens is 1. The van der Waals surface area contributed by atoms with Crippen molar-refractivity contribution in [1.82, 2.24) is 10.3 Å². The number of anilines is 1. The van der Waals surface area contributed by atoms with Gasteiger partial charge in [0.15, 0.2) is 4.34 Å². The van der Waals surface area contributed by atoms with Gasteiger partial charge in [-0.05, 0) is 43.2 Å². The van der Waals surface area contributed by atoms with Crippen LogP contribution in [0.2, 0.25) is 5.02 Å². The average Bonchev–Trinajstić information content (AvgIpc) is 3.40. The van der Waals surface area contributed by atoms with Crippen molar-refractivity contribution in [2.24, 2.45) is 0 Å². The van der Waals surface area contributed by atoms with Gasteiger partial charge in [-0.1, -0.05) is 35.5 Å². The molecule has 1 aromatic heterocycles. The monoisotopic (exact) mass is 461 g/mol. The molecule has 2 amide bonds. The topological polar surface area (TPSA) is 80.3 Å². The Balaban J connectivity index is 1.34. The molecule has 0 saturated carbocycles. The van der Waals surface area contributed by atoms with E-state index >= 15 is 0 Å². The lowest BCUT2D eigenvalue weighted by molar-refractivity contribution is -0.119. The van der Waals surface area contributed by atoms with E-state index in [0.29, 0.717) is 28.6 Å². The van der Waals surface area contributed by atoms with Crippen LogP contribution in [-0.2, 0) is 9.53 Å². The summed E-state index contributed by atoms with van der Waals surface area (Å²) in [6, 6.07) is 12.5. The molecule has 1 atom stereocenters. The molecule has 156 valence electrons. The number of hydrogen-bond donors (Lipinski definition) is 2.